The lowest BCUT2D eigenvalue weighted by molar-refractivity contribution is -0.253. The van der Waals surface area contributed by atoms with Crippen molar-refractivity contribution in [2.75, 3.05) is 26.4 Å². The van der Waals surface area contributed by atoms with Crippen LogP contribution in [0.4, 0.5) is 0 Å². The fourth-order valence-electron chi connectivity index (χ4n) is 2.86. The molecule has 2 aliphatic rings. The van der Waals surface area contributed by atoms with Gasteiger partial charge in [-0.25, -0.2) is 0 Å². The van der Waals surface area contributed by atoms with Crippen molar-refractivity contribution in [1.82, 2.24) is 5.32 Å². The van der Waals surface area contributed by atoms with Crippen molar-refractivity contribution < 1.29 is 14.6 Å². The third-order valence-corrected chi connectivity index (χ3v) is 4.28. The van der Waals surface area contributed by atoms with Gasteiger partial charge >= 0.3 is 0 Å². The highest BCUT2D eigenvalue weighted by atomic mass is 16.7. The molecule has 0 atom stereocenters. The molecule has 4 nitrogen and oxygen atoms in total. The van der Waals surface area contributed by atoms with E-state index in [1.807, 2.05) is 13.8 Å². The summed E-state index contributed by atoms with van der Waals surface area (Å²) in [6.45, 7) is 6.43. The lowest BCUT2D eigenvalue weighted by Gasteiger charge is -2.39. The lowest BCUT2D eigenvalue weighted by Crippen LogP contribution is -2.51. The zero-order valence-electron chi connectivity index (χ0n) is 11.7. The first-order chi connectivity index (χ1) is 8.55. The largest absolute Gasteiger partial charge is 0.396 e. The summed E-state index contributed by atoms with van der Waals surface area (Å²) in [4.78, 5) is 0. The van der Waals surface area contributed by atoms with E-state index in [1.165, 1.54) is 19.3 Å². The number of aliphatic hydroxyl groups is 1. The van der Waals surface area contributed by atoms with Gasteiger partial charge in [0.15, 0.2) is 5.79 Å². The highest BCUT2D eigenvalue weighted by Gasteiger charge is 2.33. The number of hydrogen-bond acceptors (Lipinski definition) is 4. The van der Waals surface area contributed by atoms with Gasteiger partial charge in [0.1, 0.15) is 0 Å². The summed E-state index contributed by atoms with van der Waals surface area (Å²) in [5.41, 5.74) is 0.0885. The summed E-state index contributed by atoms with van der Waals surface area (Å²) in [7, 11) is 0. The third kappa shape index (κ3) is 3.67. The number of aliphatic hydroxyl groups excluding tert-OH is 1. The first-order valence-electron chi connectivity index (χ1n) is 7.17. The summed E-state index contributed by atoms with van der Waals surface area (Å²) in [6, 6.07) is 0.253. The van der Waals surface area contributed by atoms with Crippen LogP contribution in [-0.4, -0.2) is 43.3 Å². The first kappa shape index (κ1) is 14.3. The summed E-state index contributed by atoms with van der Waals surface area (Å²) >= 11 is 0. The summed E-state index contributed by atoms with van der Waals surface area (Å²) in [6.07, 6.45) is 6.07. The lowest BCUT2D eigenvalue weighted by atomic mass is 9.74. The van der Waals surface area contributed by atoms with Gasteiger partial charge in [0.2, 0.25) is 0 Å². The minimum Gasteiger partial charge on any atom is -0.396 e. The van der Waals surface area contributed by atoms with E-state index in [4.69, 9.17) is 9.47 Å². The van der Waals surface area contributed by atoms with Crippen LogP contribution in [0.15, 0.2) is 0 Å². The van der Waals surface area contributed by atoms with Gasteiger partial charge in [0.25, 0.3) is 0 Å². The van der Waals surface area contributed by atoms with Crippen LogP contribution in [-0.2, 0) is 9.47 Å². The van der Waals surface area contributed by atoms with Crippen molar-refractivity contribution in [3.63, 3.8) is 0 Å². The van der Waals surface area contributed by atoms with Crippen molar-refractivity contribution in [1.29, 1.82) is 0 Å². The zero-order valence-corrected chi connectivity index (χ0v) is 11.7. The molecule has 0 unspecified atom stereocenters. The molecule has 1 saturated carbocycles. The molecule has 18 heavy (non-hydrogen) atoms. The van der Waals surface area contributed by atoms with Crippen molar-refractivity contribution in [3.8, 4) is 0 Å². The standard InChI is InChI=1S/C14H27NO3/c1-13(2)17-8-12(9-18-13)15-10-14(11-16)6-4-3-5-7-14/h12,15-16H,3-11H2,1-2H3. The molecule has 1 aliphatic heterocycles. The fraction of sp³-hybridized carbons (Fsp3) is 1.00. The molecular weight excluding hydrogens is 230 g/mol. The average Bonchev–Trinajstić information content (AvgIpc) is 2.39. The minimum absolute atomic E-state index is 0.0885. The molecule has 1 heterocycles. The SMILES string of the molecule is CC1(C)OCC(NCC2(CO)CCCCC2)CO1. The topological polar surface area (TPSA) is 50.7 Å². The van der Waals surface area contributed by atoms with E-state index in [1.54, 1.807) is 0 Å². The van der Waals surface area contributed by atoms with Gasteiger partial charge in [0.05, 0.1) is 19.3 Å². The van der Waals surface area contributed by atoms with Gasteiger partial charge in [-0.1, -0.05) is 19.3 Å². The Kier molecular flexibility index (Phi) is 4.64. The number of rotatable bonds is 4. The normalized spacial score (nSPS) is 28.2. The van der Waals surface area contributed by atoms with Crippen molar-refractivity contribution in [2.24, 2.45) is 5.41 Å². The molecular formula is C14H27NO3. The van der Waals surface area contributed by atoms with Gasteiger partial charge in [0, 0.05) is 18.6 Å². The monoisotopic (exact) mass is 257 g/mol. The second-order valence-electron chi connectivity index (χ2n) is 6.32. The van der Waals surface area contributed by atoms with Crippen LogP contribution in [0.5, 0.6) is 0 Å². The number of hydrogen-bond donors (Lipinski definition) is 2. The first-order valence-corrected chi connectivity index (χ1v) is 7.17. The fourth-order valence-corrected chi connectivity index (χ4v) is 2.86. The van der Waals surface area contributed by atoms with E-state index in [0.717, 1.165) is 19.4 Å². The maximum Gasteiger partial charge on any atom is 0.162 e. The summed E-state index contributed by atoms with van der Waals surface area (Å²) in [5.74, 6) is -0.447. The van der Waals surface area contributed by atoms with E-state index < -0.39 is 5.79 Å². The van der Waals surface area contributed by atoms with Crippen molar-refractivity contribution >= 4 is 0 Å². The highest BCUT2D eigenvalue weighted by molar-refractivity contribution is 4.86. The molecule has 0 spiro atoms. The van der Waals surface area contributed by atoms with Gasteiger partial charge in [-0.05, 0) is 26.7 Å². The molecule has 2 N–H and O–H groups in total. The van der Waals surface area contributed by atoms with E-state index in [9.17, 15) is 5.11 Å². The quantitative estimate of drug-likeness (QED) is 0.804. The van der Waals surface area contributed by atoms with E-state index in [-0.39, 0.29) is 11.5 Å². The molecule has 0 aromatic carbocycles. The van der Waals surface area contributed by atoms with Crippen LogP contribution in [0.3, 0.4) is 0 Å². The molecule has 0 aromatic heterocycles. The van der Waals surface area contributed by atoms with Gasteiger partial charge in [-0.15, -0.1) is 0 Å². The van der Waals surface area contributed by atoms with Crippen LogP contribution >= 0.6 is 0 Å². The molecule has 0 bridgehead atoms. The Bertz CT molecular complexity index is 252. The van der Waals surface area contributed by atoms with E-state index >= 15 is 0 Å². The molecule has 0 amide bonds. The molecule has 1 aliphatic carbocycles. The van der Waals surface area contributed by atoms with E-state index in [0.29, 0.717) is 19.8 Å². The van der Waals surface area contributed by atoms with Crippen LogP contribution in [0.2, 0.25) is 0 Å². The average molecular weight is 257 g/mol. The Balaban J connectivity index is 1.76. The third-order valence-electron chi connectivity index (χ3n) is 4.28. The predicted molar refractivity (Wildman–Crippen MR) is 70.4 cm³/mol. The maximum absolute atomic E-state index is 9.65. The Morgan fingerprint density at radius 1 is 1.11 bits per heavy atom. The smallest absolute Gasteiger partial charge is 0.162 e. The molecule has 2 fully saturated rings. The van der Waals surface area contributed by atoms with Gasteiger partial charge in [-0.2, -0.15) is 0 Å². The summed E-state index contributed by atoms with van der Waals surface area (Å²) in [5, 5.41) is 13.2. The van der Waals surface area contributed by atoms with Crippen LogP contribution in [0.25, 0.3) is 0 Å². The molecule has 4 heteroatoms. The molecule has 2 rings (SSSR count). The molecule has 0 radical (unpaired) electrons. The van der Waals surface area contributed by atoms with E-state index in [2.05, 4.69) is 5.32 Å². The maximum atomic E-state index is 9.65. The van der Waals surface area contributed by atoms with Crippen molar-refractivity contribution in [2.45, 2.75) is 57.8 Å². The number of ether oxygens (including phenoxy) is 2. The van der Waals surface area contributed by atoms with Crippen LogP contribution in [0.1, 0.15) is 46.0 Å². The number of nitrogens with one attached hydrogen (secondary N) is 1. The van der Waals surface area contributed by atoms with Crippen LogP contribution in [0, 0.1) is 5.41 Å². The second-order valence-corrected chi connectivity index (χ2v) is 6.32. The second kappa shape index (κ2) is 5.87. The molecule has 106 valence electrons. The van der Waals surface area contributed by atoms with Gasteiger partial charge < -0.3 is 19.9 Å². The molecule has 1 saturated heterocycles. The molecule has 0 aromatic rings. The Morgan fingerprint density at radius 2 is 1.72 bits per heavy atom. The highest BCUT2D eigenvalue weighted by Crippen LogP contribution is 2.35. The van der Waals surface area contributed by atoms with Crippen LogP contribution < -0.4 is 5.32 Å². The predicted octanol–water partition coefficient (Wildman–Crippen LogP) is 1.67. The van der Waals surface area contributed by atoms with Crippen molar-refractivity contribution in [3.05, 3.63) is 0 Å². The zero-order chi connectivity index (χ0) is 13.1. The Labute approximate surface area is 110 Å². The Hall–Kier alpha value is -0.160. The minimum atomic E-state index is -0.447. The summed E-state index contributed by atoms with van der Waals surface area (Å²) < 4.78 is 11.3. The Morgan fingerprint density at radius 3 is 2.28 bits per heavy atom. The van der Waals surface area contributed by atoms with Gasteiger partial charge in [-0.3, -0.25) is 0 Å².